The van der Waals surface area contributed by atoms with Gasteiger partial charge in [-0.15, -0.1) is 0 Å². The van der Waals surface area contributed by atoms with Crippen LogP contribution in [0.5, 0.6) is 0 Å². The molecule has 0 fully saturated rings. The Bertz CT molecular complexity index is 792. The highest BCUT2D eigenvalue weighted by atomic mass is 35.5. The maximum absolute atomic E-state index is 6.58. The summed E-state index contributed by atoms with van der Waals surface area (Å²) in [5.74, 6) is 0. The number of benzene rings is 2. The second-order valence-corrected chi connectivity index (χ2v) is 5.63. The van der Waals surface area contributed by atoms with E-state index in [9.17, 15) is 0 Å². The van der Waals surface area contributed by atoms with Crippen LogP contribution in [0.25, 0.3) is 21.8 Å². The van der Waals surface area contributed by atoms with Gasteiger partial charge in [0.15, 0.2) is 0 Å². The number of hydrogen-bond acceptors (Lipinski definition) is 1. The molecule has 4 rings (SSSR count). The van der Waals surface area contributed by atoms with Gasteiger partial charge in [0, 0.05) is 10.8 Å². The number of para-hydroxylation sites is 1. The van der Waals surface area contributed by atoms with Crippen LogP contribution in [0.4, 0.5) is 0 Å². The van der Waals surface area contributed by atoms with Crippen LogP contribution in [0.15, 0.2) is 36.4 Å². The summed E-state index contributed by atoms with van der Waals surface area (Å²) in [6.45, 7) is 0. The zero-order chi connectivity index (χ0) is 12.8. The number of hydrogen-bond donors (Lipinski definition) is 0. The van der Waals surface area contributed by atoms with E-state index in [1.54, 1.807) is 0 Å². The number of rotatable bonds is 0. The maximum Gasteiger partial charge on any atom is 0.0759 e. The maximum atomic E-state index is 6.58. The lowest BCUT2D eigenvalue weighted by Crippen LogP contribution is -2.04. The molecule has 0 radical (unpaired) electrons. The lowest BCUT2D eigenvalue weighted by Gasteiger charge is -2.18. The summed E-state index contributed by atoms with van der Waals surface area (Å²) in [6.07, 6.45) is 4.86. The first kappa shape index (κ1) is 11.2. The van der Waals surface area contributed by atoms with Crippen LogP contribution in [0.3, 0.4) is 0 Å². The molecular weight excluding hydrogens is 254 g/mol. The van der Waals surface area contributed by atoms with Crippen molar-refractivity contribution in [3.8, 4) is 0 Å². The Balaban J connectivity index is 2.17. The van der Waals surface area contributed by atoms with Gasteiger partial charge in [-0.3, -0.25) is 0 Å². The van der Waals surface area contributed by atoms with Crippen LogP contribution in [-0.4, -0.2) is 4.98 Å². The minimum Gasteiger partial charge on any atom is -0.247 e. The first-order valence-electron chi connectivity index (χ1n) is 6.83. The van der Waals surface area contributed by atoms with E-state index in [0.29, 0.717) is 0 Å². The molecule has 0 unspecified atom stereocenters. The van der Waals surface area contributed by atoms with Crippen molar-refractivity contribution in [3.05, 3.63) is 52.5 Å². The zero-order valence-corrected chi connectivity index (χ0v) is 11.4. The fraction of sp³-hybridized carbons (Fsp3) is 0.235. The highest BCUT2D eigenvalue weighted by Gasteiger charge is 2.16. The highest BCUT2D eigenvalue weighted by molar-refractivity contribution is 6.40. The zero-order valence-electron chi connectivity index (χ0n) is 10.6. The van der Waals surface area contributed by atoms with Crippen LogP contribution in [0.2, 0.25) is 5.02 Å². The highest BCUT2D eigenvalue weighted by Crippen LogP contribution is 2.35. The lowest BCUT2D eigenvalue weighted by atomic mass is 9.89. The van der Waals surface area contributed by atoms with Crippen LogP contribution >= 0.6 is 11.6 Å². The molecule has 94 valence electrons. The Morgan fingerprint density at radius 3 is 2.68 bits per heavy atom. The van der Waals surface area contributed by atoms with Gasteiger partial charge in [0.1, 0.15) is 0 Å². The van der Waals surface area contributed by atoms with Crippen molar-refractivity contribution in [2.24, 2.45) is 0 Å². The Kier molecular flexibility index (Phi) is 2.49. The number of fused-ring (bicyclic) bond motifs is 4. The van der Waals surface area contributed by atoms with Crippen molar-refractivity contribution in [1.29, 1.82) is 0 Å². The summed E-state index contributed by atoms with van der Waals surface area (Å²) >= 11 is 6.58. The Hall–Kier alpha value is -1.60. The van der Waals surface area contributed by atoms with E-state index in [-0.39, 0.29) is 0 Å². The molecule has 19 heavy (non-hydrogen) atoms. The Morgan fingerprint density at radius 1 is 0.895 bits per heavy atom. The van der Waals surface area contributed by atoms with E-state index < -0.39 is 0 Å². The molecule has 0 amide bonds. The average molecular weight is 268 g/mol. The minimum atomic E-state index is 0.842. The van der Waals surface area contributed by atoms with E-state index >= 15 is 0 Å². The van der Waals surface area contributed by atoms with Crippen molar-refractivity contribution < 1.29 is 0 Å². The first-order chi connectivity index (χ1) is 9.34. The van der Waals surface area contributed by atoms with Gasteiger partial charge < -0.3 is 0 Å². The molecular formula is C17H14ClN. The van der Waals surface area contributed by atoms with E-state index in [1.165, 1.54) is 30.4 Å². The van der Waals surface area contributed by atoms with Crippen LogP contribution in [-0.2, 0) is 12.8 Å². The first-order valence-corrected chi connectivity index (χ1v) is 7.21. The molecule has 1 heterocycles. The molecule has 0 bridgehead atoms. The number of halogens is 1. The predicted molar refractivity (Wildman–Crippen MR) is 80.9 cm³/mol. The molecule has 1 aliphatic rings. The van der Waals surface area contributed by atoms with Crippen molar-refractivity contribution in [1.82, 2.24) is 4.98 Å². The van der Waals surface area contributed by atoms with E-state index in [0.717, 1.165) is 33.2 Å². The Labute approximate surface area is 117 Å². The SMILES string of the molecule is Clc1c2ccccc2nc2c3c(ccc12)CCCC3. The second kappa shape index (κ2) is 4.21. The third-order valence-corrected chi connectivity index (χ3v) is 4.52. The standard InChI is InChI=1S/C17H14ClN/c18-16-13-7-3-4-8-15(13)19-17-12-6-2-1-5-11(12)9-10-14(16)17/h3-4,7-10H,1-2,5-6H2. The number of aryl methyl sites for hydroxylation is 2. The molecule has 0 aliphatic heterocycles. The summed E-state index contributed by atoms with van der Waals surface area (Å²) in [5, 5.41) is 2.99. The lowest BCUT2D eigenvalue weighted by molar-refractivity contribution is 0.689. The largest absolute Gasteiger partial charge is 0.247 e. The molecule has 0 saturated heterocycles. The Morgan fingerprint density at radius 2 is 1.74 bits per heavy atom. The molecule has 0 spiro atoms. The van der Waals surface area contributed by atoms with Gasteiger partial charge in [-0.2, -0.15) is 0 Å². The molecule has 1 aliphatic carbocycles. The van der Waals surface area contributed by atoms with E-state index in [2.05, 4.69) is 12.1 Å². The average Bonchev–Trinajstić information content (AvgIpc) is 2.47. The quantitative estimate of drug-likeness (QED) is 0.527. The van der Waals surface area contributed by atoms with Crippen molar-refractivity contribution >= 4 is 33.4 Å². The molecule has 1 nitrogen and oxygen atoms in total. The van der Waals surface area contributed by atoms with Gasteiger partial charge in [0.2, 0.25) is 0 Å². The number of pyridine rings is 1. The molecule has 3 aromatic rings. The van der Waals surface area contributed by atoms with Gasteiger partial charge >= 0.3 is 0 Å². The number of nitrogens with zero attached hydrogens (tertiary/aromatic N) is 1. The van der Waals surface area contributed by atoms with Gasteiger partial charge in [-0.1, -0.05) is 41.9 Å². The van der Waals surface area contributed by atoms with Gasteiger partial charge in [-0.25, -0.2) is 4.98 Å². The topological polar surface area (TPSA) is 12.9 Å². The van der Waals surface area contributed by atoms with E-state index in [4.69, 9.17) is 16.6 Å². The molecule has 1 aromatic heterocycles. The molecule has 0 saturated carbocycles. The van der Waals surface area contributed by atoms with Crippen LogP contribution in [0, 0.1) is 0 Å². The van der Waals surface area contributed by atoms with Crippen molar-refractivity contribution in [2.45, 2.75) is 25.7 Å². The van der Waals surface area contributed by atoms with E-state index in [1.807, 2.05) is 24.3 Å². The molecule has 2 heteroatoms. The third kappa shape index (κ3) is 1.65. The molecule has 0 N–H and O–H groups in total. The third-order valence-electron chi connectivity index (χ3n) is 4.11. The summed E-state index contributed by atoms with van der Waals surface area (Å²) in [5.41, 5.74) is 4.98. The normalized spacial score (nSPS) is 14.8. The smallest absolute Gasteiger partial charge is 0.0759 e. The summed E-state index contributed by atoms with van der Waals surface area (Å²) in [6, 6.07) is 12.5. The van der Waals surface area contributed by atoms with Crippen LogP contribution < -0.4 is 0 Å². The number of aromatic nitrogens is 1. The predicted octanol–water partition coefficient (Wildman–Crippen LogP) is 4.92. The second-order valence-electron chi connectivity index (χ2n) is 5.25. The van der Waals surface area contributed by atoms with Gasteiger partial charge in [-0.05, 0) is 42.9 Å². The van der Waals surface area contributed by atoms with Crippen molar-refractivity contribution in [3.63, 3.8) is 0 Å². The fourth-order valence-corrected chi connectivity index (χ4v) is 3.45. The monoisotopic (exact) mass is 267 g/mol. The summed E-state index contributed by atoms with van der Waals surface area (Å²) in [4.78, 5) is 4.87. The summed E-state index contributed by atoms with van der Waals surface area (Å²) < 4.78 is 0. The van der Waals surface area contributed by atoms with Crippen LogP contribution in [0.1, 0.15) is 24.0 Å². The van der Waals surface area contributed by atoms with Crippen molar-refractivity contribution in [2.75, 3.05) is 0 Å². The summed E-state index contributed by atoms with van der Waals surface area (Å²) in [7, 11) is 0. The minimum absolute atomic E-state index is 0.842. The van der Waals surface area contributed by atoms with Gasteiger partial charge in [0.05, 0.1) is 16.1 Å². The van der Waals surface area contributed by atoms with Gasteiger partial charge in [0.25, 0.3) is 0 Å². The fourth-order valence-electron chi connectivity index (χ4n) is 3.14. The molecule has 0 atom stereocenters. The molecule has 2 aromatic carbocycles.